The third-order valence-corrected chi connectivity index (χ3v) is 0.343. The van der Waals surface area contributed by atoms with Crippen LogP contribution in [0.1, 0.15) is 0 Å². The molecule has 0 heterocycles. The van der Waals surface area contributed by atoms with Gasteiger partial charge in [0, 0.05) is 0 Å². The van der Waals surface area contributed by atoms with Gasteiger partial charge in [-0.1, -0.05) is 0 Å². The van der Waals surface area contributed by atoms with Gasteiger partial charge in [-0.15, -0.1) is 11.6 Å². The summed E-state index contributed by atoms with van der Waals surface area (Å²) in [4.78, 5) is 9.24. The third kappa shape index (κ3) is 9.04. The van der Waals surface area contributed by atoms with Crippen molar-refractivity contribution in [1.29, 1.82) is 0 Å². The molecule has 0 aliphatic rings. The summed E-state index contributed by atoms with van der Waals surface area (Å²) in [6.45, 7) is 0. The first-order valence-electron chi connectivity index (χ1n) is 1.05. The Morgan fingerprint density at radius 2 is 2.00 bits per heavy atom. The summed E-state index contributed by atoms with van der Waals surface area (Å²) in [6, 6.07) is 0. The fourth-order valence-corrected chi connectivity index (χ4v) is 0. The Morgan fingerprint density at radius 1 is 1.83 bits per heavy atom. The summed E-state index contributed by atoms with van der Waals surface area (Å²) in [6.07, 6.45) is 0. The monoisotopic (exact) mass is 134 g/mol. The van der Waals surface area contributed by atoms with Gasteiger partial charge in [-0.3, -0.25) is 4.79 Å². The van der Waals surface area contributed by atoms with Crippen LogP contribution in [0.4, 0.5) is 0 Å². The van der Waals surface area contributed by atoms with Crippen LogP contribution in [0.25, 0.3) is 0 Å². The molecule has 2 nitrogen and oxygen atoms in total. The molecule has 32 valence electrons. The number of carbonyl (C=O) groups is 1. The van der Waals surface area contributed by atoms with Crippen molar-refractivity contribution in [3.63, 3.8) is 0 Å². The van der Waals surface area contributed by atoms with Crippen LogP contribution >= 0.6 is 11.6 Å². The van der Waals surface area contributed by atoms with Crippen molar-refractivity contribution in [3.05, 3.63) is 0 Å². The van der Waals surface area contributed by atoms with E-state index in [2.05, 4.69) is 0 Å². The summed E-state index contributed by atoms with van der Waals surface area (Å²) < 4.78 is 0. The van der Waals surface area contributed by atoms with E-state index in [4.69, 9.17) is 16.7 Å². The second-order valence-corrected chi connectivity index (χ2v) is 0.795. The Morgan fingerprint density at radius 3 is 2.00 bits per heavy atom. The molecular formula is C2H4ClKO2. The second kappa shape index (κ2) is 6.40. The molecule has 0 aromatic heterocycles. The molecule has 0 radical (unpaired) electrons. The number of rotatable bonds is 1. The van der Waals surface area contributed by atoms with Crippen molar-refractivity contribution in [2.75, 3.05) is 5.88 Å². The minimum absolute atomic E-state index is 0. The van der Waals surface area contributed by atoms with Crippen LogP contribution in [-0.4, -0.2) is 68.3 Å². The van der Waals surface area contributed by atoms with Crippen LogP contribution < -0.4 is 0 Å². The van der Waals surface area contributed by atoms with E-state index in [0.717, 1.165) is 0 Å². The van der Waals surface area contributed by atoms with Crippen molar-refractivity contribution in [2.45, 2.75) is 0 Å². The van der Waals surface area contributed by atoms with E-state index < -0.39 is 5.97 Å². The zero-order chi connectivity index (χ0) is 4.28. The van der Waals surface area contributed by atoms with E-state index in [1.165, 1.54) is 0 Å². The van der Waals surface area contributed by atoms with Gasteiger partial charge in [-0.2, -0.15) is 0 Å². The summed E-state index contributed by atoms with van der Waals surface area (Å²) in [5.74, 6) is -1.29. The zero-order valence-electron chi connectivity index (χ0n) is 2.44. The number of hydrogen-bond acceptors (Lipinski definition) is 1. The predicted molar refractivity (Wildman–Crippen MR) is 25.5 cm³/mol. The Kier molecular flexibility index (Phi) is 11.1. The fraction of sp³-hybridized carbons (Fsp3) is 0.500. The molecular weight excluding hydrogens is 131 g/mol. The summed E-state index contributed by atoms with van der Waals surface area (Å²) in [7, 11) is 0. The first kappa shape index (κ1) is 10.4. The van der Waals surface area contributed by atoms with Crippen molar-refractivity contribution >= 4 is 69.0 Å². The van der Waals surface area contributed by atoms with E-state index in [9.17, 15) is 4.79 Å². The molecule has 0 aromatic rings. The normalized spacial score (nSPS) is 6.17. The third-order valence-electron chi connectivity index (χ3n) is 0.114. The Labute approximate surface area is 83.3 Å². The van der Waals surface area contributed by atoms with E-state index in [1.807, 2.05) is 0 Å². The number of aliphatic carboxylic acids is 1. The number of carboxylic acid groups (broad SMARTS) is 1. The van der Waals surface area contributed by atoms with Crippen molar-refractivity contribution < 1.29 is 9.90 Å². The molecule has 0 spiro atoms. The van der Waals surface area contributed by atoms with Gasteiger partial charge >= 0.3 is 57.4 Å². The maximum atomic E-state index is 9.24. The van der Waals surface area contributed by atoms with Gasteiger partial charge in [0.1, 0.15) is 5.88 Å². The number of halogens is 1. The van der Waals surface area contributed by atoms with Gasteiger partial charge in [-0.05, 0) is 0 Å². The van der Waals surface area contributed by atoms with Crippen LogP contribution in [0.3, 0.4) is 0 Å². The molecule has 0 amide bonds. The molecule has 0 atom stereocenters. The van der Waals surface area contributed by atoms with Crippen molar-refractivity contribution in [2.24, 2.45) is 0 Å². The Bertz CT molecular complexity index is 46.8. The molecule has 0 rings (SSSR count). The zero-order valence-corrected chi connectivity index (χ0v) is 3.20. The first-order chi connectivity index (χ1) is 2.27. The van der Waals surface area contributed by atoms with E-state index in [0.29, 0.717) is 0 Å². The molecule has 0 aromatic carbocycles. The maximum absolute atomic E-state index is 9.24. The molecule has 0 aliphatic heterocycles. The summed E-state index contributed by atoms with van der Waals surface area (Å²) >= 11 is 4.74. The molecule has 4 heteroatoms. The van der Waals surface area contributed by atoms with Crippen LogP contribution in [0.5, 0.6) is 0 Å². The van der Waals surface area contributed by atoms with Gasteiger partial charge in [-0.25, -0.2) is 0 Å². The van der Waals surface area contributed by atoms with Crippen molar-refractivity contribution in [1.82, 2.24) is 0 Å². The average molecular weight is 135 g/mol. The fourth-order valence-electron chi connectivity index (χ4n) is 0. The topological polar surface area (TPSA) is 37.3 Å². The van der Waals surface area contributed by atoms with Gasteiger partial charge in [0.25, 0.3) is 0 Å². The predicted octanol–water partition coefficient (Wildman–Crippen LogP) is -0.339. The number of carboxylic acids is 1. The molecule has 6 heavy (non-hydrogen) atoms. The standard InChI is InChI=1S/C2H3ClO2.K.H/c3-1-2(4)5;;/h1H2,(H,4,5);;. The Balaban J connectivity index is 0. The average Bonchev–Trinajstić information content (AvgIpc) is 1.38. The Hall–Kier alpha value is 1.40. The molecule has 0 aliphatic carbocycles. The van der Waals surface area contributed by atoms with Crippen LogP contribution in [0, 0.1) is 0 Å². The van der Waals surface area contributed by atoms with E-state index >= 15 is 0 Å². The van der Waals surface area contributed by atoms with Crippen molar-refractivity contribution in [3.8, 4) is 0 Å². The summed E-state index contributed by atoms with van der Waals surface area (Å²) in [5.41, 5.74) is 0. The molecule has 0 fully saturated rings. The van der Waals surface area contributed by atoms with E-state index in [1.54, 1.807) is 0 Å². The minimum atomic E-state index is -0.980. The van der Waals surface area contributed by atoms with Gasteiger partial charge in [0.05, 0.1) is 0 Å². The van der Waals surface area contributed by atoms with Gasteiger partial charge in [0.2, 0.25) is 0 Å². The molecule has 0 bridgehead atoms. The molecule has 0 saturated carbocycles. The quantitative estimate of drug-likeness (QED) is 0.394. The number of alkyl halides is 1. The van der Waals surface area contributed by atoms with E-state index in [-0.39, 0.29) is 57.3 Å². The second-order valence-electron chi connectivity index (χ2n) is 0.527. The number of hydrogen-bond donors (Lipinski definition) is 1. The van der Waals surface area contributed by atoms with Gasteiger partial charge < -0.3 is 5.11 Å². The van der Waals surface area contributed by atoms with Crippen LogP contribution in [0.15, 0.2) is 0 Å². The molecule has 0 unspecified atom stereocenters. The van der Waals surface area contributed by atoms with Gasteiger partial charge in [0.15, 0.2) is 0 Å². The summed E-state index contributed by atoms with van der Waals surface area (Å²) in [5, 5.41) is 7.59. The first-order valence-corrected chi connectivity index (χ1v) is 1.58. The van der Waals surface area contributed by atoms with Crippen LogP contribution in [-0.2, 0) is 4.79 Å². The van der Waals surface area contributed by atoms with Crippen LogP contribution in [0.2, 0.25) is 0 Å². The SMILES string of the molecule is O=C(O)CCl.[KH]. The molecule has 0 saturated heterocycles. The molecule has 1 N–H and O–H groups in total.